The highest BCUT2D eigenvalue weighted by molar-refractivity contribution is 9.10. The Morgan fingerprint density at radius 1 is 1.41 bits per heavy atom. The van der Waals surface area contributed by atoms with Crippen molar-refractivity contribution in [2.24, 2.45) is 0 Å². The molecule has 0 bridgehead atoms. The van der Waals surface area contributed by atoms with E-state index in [1.165, 1.54) is 18.1 Å². The van der Waals surface area contributed by atoms with Crippen molar-refractivity contribution in [1.82, 2.24) is 9.62 Å². The zero-order valence-electron chi connectivity index (χ0n) is 12.0. The van der Waals surface area contributed by atoms with Crippen LogP contribution >= 0.6 is 15.9 Å². The van der Waals surface area contributed by atoms with Gasteiger partial charge in [0, 0.05) is 23.6 Å². The zero-order chi connectivity index (χ0) is 16.3. The summed E-state index contributed by atoms with van der Waals surface area (Å²) < 4.78 is 33.4. The molecule has 9 heteroatoms. The maximum atomic E-state index is 12.5. The lowest BCUT2D eigenvalue weighted by Crippen LogP contribution is -2.46. The summed E-state index contributed by atoms with van der Waals surface area (Å²) in [6, 6.07) is 4.46. The van der Waals surface area contributed by atoms with Crippen molar-refractivity contribution in [2.75, 3.05) is 20.2 Å². The number of carboxylic acid groups (broad SMARTS) is 1. The van der Waals surface area contributed by atoms with Gasteiger partial charge in [-0.1, -0.05) is 15.9 Å². The second kappa shape index (κ2) is 6.84. The van der Waals surface area contributed by atoms with Gasteiger partial charge in [0.1, 0.15) is 10.6 Å². The number of nitrogens with zero attached hydrogens (tertiary/aromatic N) is 1. The molecule has 22 heavy (non-hydrogen) atoms. The molecule has 122 valence electrons. The van der Waals surface area contributed by atoms with E-state index in [1.807, 2.05) is 0 Å². The van der Waals surface area contributed by atoms with Crippen LogP contribution in [-0.2, 0) is 10.0 Å². The standard InChI is InChI=1S/C13H17BrN2O5S/c1-21-11-3-2-9(14)8-12(11)22(19,20)15-10-4-6-16(7-5-10)13(17)18/h2-3,8,10,15H,4-7H2,1H3,(H,17,18). The molecule has 2 N–H and O–H groups in total. The minimum atomic E-state index is -3.73. The van der Waals surface area contributed by atoms with Crippen molar-refractivity contribution < 1.29 is 23.1 Å². The van der Waals surface area contributed by atoms with Crippen molar-refractivity contribution in [1.29, 1.82) is 0 Å². The van der Waals surface area contributed by atoms with E-state index >= 15 is 0 Å². The first kappa shape index (κ1) is 17.0. The molecule has 1 fully saturated rings. The van der Waals surface area contributed by atoms with Gasteiger partial charge < -0.3 is 14.7 Å². The van der Waals surface area contributed by atoms with Gasteiger partial charge in [0.15, 0.2) is 0 Å². The van der Waals surface area contributed by atoms with E-state index in [4.69, 9.17) is 9.84 Å². The van der Waals surface area contributed by atoms with E-state index in [-0.39, 0.29) is 16.7 Å². The Morgan fingerprint density at radius 3 is 2.59 bits per heavy atom. The predicted molar refractivity (Wildman–Crippen MR) is 83.6 cm³/mol. The summed E-state index contributed by atoms with van der Waals surface area (Å²) in [5.74, 6) is 0.263. The van der Waals surface area contributed by atoms with Crippen LogP contribution in [0.3, 0.4) is 0 Å². The van der Waals surface area contributed by atoms with Gasteiger partial charge in [0.2, 0.25) is 10.0 Å². The Labute approximate surface area is 137 Å². The van der Waals surface area contributed by atoms with E-state index in [9.17, 15) is 13.2 Å². The van der Waals surface area contributed by atoms with Crippen LogP contribution in [0.4, 0.5) is 4.79 Å². The quantitative estimate of drug-likeness (QED) is 0.815. The Hall–Kier alpha value is -1.32. The molecule has 1 aromatic carbocycles. The number of likely N-dealkylation sites (tertiary alicyclic amines) is 1. The highest BCUT2D eigenvalue weighted by Crippen LogP contribution is 2.27. The van der Waals surface area contributed by atoms with Gasteiger partial charge >= 0.3 is 6.09 Å². The van der Waals surface area contributed by atoms with Crippen molar-refractivity contribution in [2.45, 2.75) is 23.8 Å². The Morgan fingerprint density at radius 2 is 2.05 bits per heavy atom. The lowest BCUT2D eigenvalue weighted by molar-refractivity contribution is 0.131. The summed E-state index contributed by atoms with van der Waals surface area (Å²) in [6.07, 6.45) is -0.0843. The fourth-order valence-corrected chi connectivity index (χ4v) is 4.34. The van der Waals surface area contributed by atoms with Crippen LogP contribution in [0.2, 0.25) is 0 Å². The number of hydrogen-bond donors (Lipinski definition) is 2. The van der Waals surface area contributed by atoms with E-state index in [2.05, 4.69) is 20.7 Å². The van der Waals surface area contributed by atoms with E-state index in [0.717, 1.165) is 0 Å². The minimum absolute atomic E-state index is 0.0602. The molecule has 1 saturated heterocycles. The molecule has 0 aromatic heterocycles. The lowest BCUT2D eigenvalue weighted by atomic mass is 10.1. The third kappa shape index (κ3) is 3.90. The molecule has 0 spiro atoms. The number of rotatable bonds is 4. The number of sulfonamides is 1. The van der Waals surface area contributed by atoms with Crippen molar-refractivity contribution in [3.05, 3.63) is 22.7 Å². The molecule has 7 nitrogen and oxygen atoms in total. The second-order valence-corrected chi connectivity index (χ2v) is 7.56. The highest BCUT2D eigenvalue weighted by atomic mass is 79.9. The predicted octanol–water partition coefficient (Wildman–Crippen LogP) is 1.88. The molecule has 1 amide bonds. The number of benzene rings is 1. The number of halogens is 1. The van der Waals surface area contributed by atoms with Crippen LogP contribution in [0, 0.1) is 0 Å². The van der Waals surface area contributed by atoms with Crippen LogP contribution in [0.1, 0.15) is 12.8 Å². The van der Waals surface area contributed by atoms with Gasteiger partial charge in [0.05, 0.1) is 7.11 Å². The molecule has 1 aliphatic rings. The number of hydrogen-bond acceptors (Lipinski definition) is 4. The van der Waals surface area contributed by atoms with Gasteiger partial charge in [-0.05, 0) is 31.0 Å². The maximum absolute atomic E-state index is 12.5. The highest BCUT2D eigenvalue weighted by Gasteiger charge is 2.28. The first-order chi connectivity index (χ1) is 10.3. The largest absolute Gasteiger partial charge is 0.495 e. The smallest absolute Gasteiger partial charge is 0.407 e. The first-order valence-electron chi connectivity index (χ1n) is 6.67. The number of carbonyl (C=O) groups is 1. The van der Waals surface area contributed by atoms with Crippen molar-refractivity contribution >= 4 is 32.0 Å². The zero-order valence-corrected chi connectivity index (χ0v) is 14.4. The van der Waals surface area contributed by atoms with E-state index in [0.29, 0.717) is 30.4 Å². The molecule has 0 atom stereocenters. The summed E-state index contributed by atoms with van der Waals surface area (Å²) in [7, 11) is -2.32. The monoisotopic (exact) mass is 392 g/mol. The summed E-state index contributed by atoms with van der Waals surface area (Å²) in [6.45, 7) is 0.635. The van der Waals surface area contributed by atoms with Gasteiger partial charge in [-0.15, -0.1) is 0 Å². The average Bonchev–Trinajstić information content (AvgIpc) is 2.47. The van der Waals surface area contributed by atoms with Gasteiger partial charge in [-0.2, -0.15) is 0 Å². The lowest BCUT2D eigenvalue weighted by Gasteiger charge is -2.30. The number of amides is 1. The summed E-state index contributed by atoms with van der Waals surface area (Å²) in [5, 5.41) is 8.90. The molecule has 0 aliphatic carbocycles. The van der Waals surface area contributed by atoms with E-state index in [1.54, 1.807) is 12.1 Å². The van der Waals surface area contributed by atoms with Crippen molar-refractivity contribution in [3.63, 3.8) is 0 Å². The van der Waals surface area contributed by atoms with Crippen LogP contribution in [0.25, 0.3) is 0 Å². The molecular formula is C13H17BrN2O5S. The number of ether oxygens (including phenoxy) is 1. The van der Waals surface area contributed by atoms with Crippen LogP contribution in [0.5, 0.6) is 5.75 Å². The minimum Gasteiger partial charge on any atom is -0.495 e. The topological polar surface area (TPSA) is 95.9 Å². The van der Waals surface area contributed by atoms with Crippen molar-refractivity contribution in [3.8, 4) is 5.75 Å². The fraction of sp³-hybridized carbons (Fsp3) is 0.462. The van der Waals surface area contributed by atoms with Crippen LogP contribution in [0.15, 0.2) is 27.6 Å². The van der Waals surface area contributed by atoms with Gasteiger partial charge in [-0.25, -0.2) is 17.9 Å². The number of methoxy groups -OCH3 is 1. The van der Waals surface area contributed by atoms with Crippen LogP contribution in [-0.4, -0.2) is 50.8 Å². The third-order valence-electron chi connectivity index (χ3n) is 3.50. The average molecular weight is 393 g/mol. The maximum Gasteiger partial charge on any atom is 0.407 e. The molecule has 0 radical (unpaired) electrons. The summed E-state index contributed by atoms with van der Waals surface area (Å²) in [5.41, 5.74) is 0. The van der Waals surface area contributed by atoms with E-state index < -0.39 is 16.1 Å². The Bertz CT molecular complexity index is 656. The SMILES string of the molecule is COc1ccc(Br)cc1S(=O)(=O)NC1CCN(C(=O)O)CC1. The fourth-order valence-electron chi connectivity index (χ4n) is 2.33. The number of nitrogens with one attached hydrogen (secondary N) is 1. The van der Waals surface area contributed by atoms with Crippen LogP contribution < -0.4 is 9.46 Å². The van der Waals surface area contributed by atoms with Gasteiger partial charge in [0.25, 0.3) is 0 Å². The Balaban J connectivity index is 2.12. The molecule has 1 aromatic rings. The summed E-state index contributed by atoms with van der Waals surface area (Å²) >= 11 is 3.25. The second-order valence-electron chi connectivity index (χ2n) is 4.96. The first-order valence-corrected chi connectivity index (χ1v) is 8.95. The molecule has 2 rings (SSSR count). The summed E-state index contributed by atoms with van der Waals surface area (Å²) in [4.78, 5) is 12.2. The molecule has 1 heterocycles. The molecule has 0 saturated carbocycles. The van der Waals surface area contributed by atoms with Gasteiger partial charge in [-0.3, -0.25) is 0 Å². The molecule has 0 unspecified atom stereocenters. The molecular weight excluding hydrogens is 376 g/mol. The molecule has 1 aliphatic heterocycles. The number of piperidine rings is 1. The Kier molecular flexibility index (Phi) is 5.30. The third-order valence-corrected chi connectivity index (χ3v) is 5.54. The normalized spacial score (nSPS) is 16.5.